The molecule has 0 radical (unpaired) electrons. The van der Waals surface area contributed by atoms with E-state index in [2.05, 4.69) is 280 Å². The number of fused-ring (bicyclic) bond motifs is 11. The number of hydrogen-bond donors (Lipinski definition) is 0. The third-order valence-corrected chi connectivity index (χ3v) is 20.0. The van der Waals surface area contributed by atoms with Gasteiger partial charge in [0, 0.05) is 0 Å². The average molecular weight is 1140 g/mol. The van der Waals surface area contributed by atoms with Crippen LogP contribution < -0.4 is 40.0 Å². The molecule has 0 unspecified atom stereocenters. The Hall–Kier alpha value is -10.4. The zero-order valence-corrected chi connectivity index (χ0v) is 47.1. The summed E-state index contributed by atoms with van der Waals surface area (Å²) < 4.78 is 7.58. The van der Waals surface area contributed by atoms with Crippen LogP contribution in [-0.2, 0) is 0 Å². The van der Waals surface area contributed by atoms with Gasteiger partial charge < -0.3 is 0 Å². The van der Waals surface area contributed by atoms with Gasteiger partial charge in [-0.1, -0.05) is 0 Å². The number of nitrogens with zero attached hydrogens (tertiary/aromatic N) is 6. The summed E-state index contributed by atoms with van der Waals surface area (Å²) in [5.41, 5.74) is 20.3. The molecule has 0 spiro atoms. The second-order valence-electron chi connectivity index (χ2n) is 21.0. The molecule has 0 saturated carbocycles. The Kier molecular flexibility index (Phi) is 11.5. The molecule has 83 heavy (non-hydrogen) atoms. The summed E-state index contributed by atoms with van der Waals surface area (Å²) in [7, 11) is 0. The summed E-state index contributed by atoms with van der Waals surface area (Å²) in [6, 6.07) is 103. The van der Waals surface area contributed by atoms with Gasteiger partial charge in [-0.25, -0.2) is 0 Å². The maximum atomic E-state index is 10.1. The molecule has 0 atom stereocenters. The fourth-order valence-corrected chi connectivity index (χ4v) is 16.8. The molecule has 9 heteroatoms. The number of benzene rings is 12. The predicted molar refractivity (Wildman–Crippen MR) is 349 cm³/mol. The van der Waals surface area contributed by atoms with Crippen molar-refractivity contribution < 1.29 is 0 Å². The Bertz CT molecular complexity index is 4940. The van der Waals surface area contributed by atoms with Crippen molar-refractivity contribution in [2.45, 2.75) is 0 Å². The molecule has 0 bridgehead atoms. The Morgan fingerprint density at radius 1 is 0.422 bits per heavy atom. The van der Waals surface area contributed by atoms with Crippen LogP contribution in [0.2, 0.25) is 0 Å². The van der Waals surface area contributed by atoms with Crippen LogP contribution in [0.15, 0.2) is 273 Å². The second-order valence-corrected chi connectivity index (χ2v) is 24.3. The van der Waals surface area contributed by atoms with Crippen molar-refractivity contribution in [2.24, 2.45) is 0 Å². The quantitative estimate of drug-likeness (QED) is 0.135. The molecule has 0 amide bonds. The molecule has 2 aliphatic rings. The topological polar surface area (TPSA) is 62.2 Å². The molecule has 14 aromatic rings. The van der Waals surface area contributed by atoms with E-state index in [1.54, 1.807) is 0 Å². The molecule has 0 fully saturated rings. The van der Waals surface area contributed by atoms with E-state index in [1.807, 2.05) is 35.6 Å². The third-order valence-electron chi connectivity index (χ3n) is 16.4. The van der Waals surface area contributed by atoms with Crippen LogP contribution in [0.1, 0.15) is 11.1 Å². The van der Waals surface area contributed by atoms with Crippen molar-refractivity contribution in [1.82, 2.24) is 4.57 Å². The van der Waals surface area contributed by atoms with Gasteiger partial charge in [0.05, 0.1) is 6.07 Å². The molecular formula is C74H45BN6SSe. The van der Waals surface area contributed by atoms with Crippen LogP contribution in [0.5, 0.6) is 0 Å². The van der Waals surface area contributed by atoms with Gasteiger partial charge in [-0.2, -0.15) is 5.26 Å². The van der Waals surface area contributed by atoms with Crippen molar-refractivity contribution in [3.8, 4) is 29.0 Å². The molecule has 0 saturated heterocycles. The molecule has 16 rings (SSSR count). The summed E-state index contributed by atoms with van der Waals surface area (Å²) in [5.74, 6) is 0. The molecule has 12 aromatic carbocycles. The molecule has 2 aliphatic heterocycles. The standard InChI is InChI=1S/C74H45BN6SSe/c76-46-48-32-36-53(37-33-48)78(51-20-6-2-7-21-51)55-40-41-61-69(43-55)83-70-44-56(80-63-29-15-11-25-58(63)59-26-12-16-30-64(59)80)42-66-72(70)75(61)73-67(81(66)62-28-14-10-24-57(62)50-18-4-1-5-19-50)45-65(71-60-27-13-17-31-68(60)82-74(71)73)79(52-22-8-3-9-23-52)54-38-34-49(47-77)35-39-54/h1-45H. The fraction of sp³-hybridized carbons (Fsp3) is 0. The van der Waals surface area contributed by atoms with E-state index >= 15 is 0 Å². The Morgan fingerprint density at radius 3 is 1.61 bits per heavy atom. The third kappa shape index (κ3) is 7.83. The second kappa shape index (κ2) is 19.7. The van der Waals surface area contributed by atoms with Gasteiger partial charge in [0.25, 0.3) is 0 Å². The summed E-state index contributed by atoms with van der Waals surface area (Å²) in [4.78, 5) is 7.32. The van der Waals surface area contributed by atoms with E-state index in [0.29, 0.717) is 11.1 Å². The first-order chi connectivity index (χ1) is 41.1. The average Bonchev–Trinajstić information content (AvgIpc) is 1.89. The van der Waals surface area contributed by atoms with Gasteiger partial charge in [-0.3, -0.25) is 0 Å². The van der Waals surface area contributed by atoms with Crippen molar-refractivity contribution >= 4 is 151 Å². The normalized spacial score (nSPS) is 12.2. The van der Waals surface area contributed by atoms with Gasteiger partial charge in [0.2, 0.25) is 0 Å². The van der Waals surface area contributed by atoms with E-state index in [9.17, 15) is 10.5 Å². The molecular weight excluding hydrogens is 1090 g/mol. The molecule has 0 N–H and O–H groups in total. The number of thiophene rings is 1. The van der Waals surface area contributed by atoms with Crippen molar-refractivity contribution in [2.75, 3.05) is 14.7 Å². The summed E-state index contributed by atoms with van der Waals surface area (Å²) in [6.07, 6.45) is 0. The summed E-state index contributed by atoms with van der Waals surface area (Å²) in [5, 5.41) is 24.8. The fourth-order valence-electron chi connectivity index (χ4n) is 12.9. The maximum absolute atomic E-state index is 10.1. The number of anilines is 9. The van der Waals surface area contributed by atoms with Crippen molar-refractivity contribution in [3.05, 3.63) is 284 Å². The molecule has 4 heterocycles. The first kappa shape index (κ1) is 48.5. The zero-order chi connectivity index (χ0) is 55.1. The van der Waals surface area contributed by atoms with Crippen LogP contribution in [-0.4, -0.2) is 26.2 Å². The molecule has 386 valence electrons. The first-order valence-electron chi connectivity index (χ1n) is 27.7. The number of hydrogen-bond acceptors (Lipinski definition) is 6. The van der Waals surface area contributed by atoms with Crippen LogP contribution in [0.4, 0.5) is 51.2 Å². The van der Waals surface area contributed by atoms with Crippen molar-refractivity contribution in [1.29, 1.82) is 10.5 Å². The summed E-state index contributed by atoms with van der Waals surface area (Å²) >= 11 is 1.71. The Morgan fingerprint density at radius 2 is 0.952 bits per heavy atom. The van der Waals surface area contributed by atoms with Gasteiger partial charge >= 0.3 is 483 Å². The minimum absolute atomic E-state index is 0.160. The zero-order valence-electron chi connectivity index (χ0n) is 44.6. The molecule has 2 aromatic heterocycles. The van der Waals surface area contributed by atoms with E-state index < -0.39 is 0 Å². The van der Waals surface area contributed by atoms with Crippen LogP contribution in [0.3, 0.4) is 0 Å². The first-order valence-corrected chi connectivity index (χ1v) is 30.2. The van der Waals surface area contributed by atoms with Crippen LogP contribution in [0, 0.1) is 22.7 Å². The van der Waals surface area contributed by atoms with Gasteiger partial charge in [-0.05, 0) is 0 Å². The Labute approximate surface area is 491 Å². The monoisotopic (exact) mass is 1140 g/mol. The van der Waals surface area contributed by atoms with Gasteiger partial charge in [0.1, 0.15) is 0 Å². The SMILES string of the molecule is N#Cc1ccc(N(c2ccccc2)c2ccc3c(c2)[Se]c2cc(-n4c5ccccc5c5ccccc54)cc4c2B3c2c(cc(N(c3ccccc3)c3ccc(C#N)cc3)c3c2sc2ccccc23)N4c2ccccc2-c2ccccc2)cc1. The van der Waals surface area contributed by atoms with Gasteiger partial charge in [0.15, 0.2) is 0 Å². The molecule has 6 nitrogen and oxygen atoms in total. The van der Waals surface area contributed by atoms with E-state index in [0.717, 1.165) is 79.0 Å². The molecule has 0 aliphatic carbocycles. The van der Waals surface area contributed by atoms with Crippen molar-refractivity contribution in [3.63, 3.8) is 0 Å². The number of nitriles is 2. The number of rotatable bonds is 9. The van der Waals surface area contributed by atoms with Gasteiger partial charge in [-0.15, -0.1) is 0 Å². The van der Waals surface area contributed by atoms with E-state index in [-0.39, 0.29) is 21.7 Å². The number of aromatic nitrogens is 1. The van der Waals surface area contributed by atoms with Crippen LogP contribution in [0.25, 0.3) is 58.8 Å². The van der Waals surface area contributed by atoms with E-state index in [4.69, 9.17) is 0 Å². The minimum atomic E-state index is -0.172. The number of para-hydroxylation sites is 5. The predicted octanol–water partition coefficient (Wildman–Crippen LogP) is 15.8. The Balaban J connectivity index is 1.05. The van der Waals surface area contributed by atoms with Crippen LogP contribution >= 0.6 is 11.3 Å². The summed E-state index contributed by atoms with van der Waals surface area (Å²) in [6.45, 7) is -0.160. The van der Waals surface area contributed by atoms with E-state index in [1.165, 1.54) is 56.3 Å².